The quantitative estimate of drug-likeness (QED) is 0.107. The van der Waals surface area contributed by atoms with Crippen LogP contribution >= 0.6 is 11.8 Å². The van der Waals surface area contributed by atoms with Gasteiger partial charge in [-0.2, -0.15) is 5.10 Å². The maximum Gasteiger partial charge on any atom is 0.319 e. The van der Waals surface area contributed by atoms with Gasteiger partial charge in [-0.15, -0.1) is 0 Å². The highest BCUT2D eigenvalue weighted by molar-refractivity contribution is 7.99. The number of aromatic amines is 1. The molecular formula is C32H36N6O6S. The summed E-state index contributed by atoms with van der Waals surface area (Å²) in [6.07, 6.45) is 1.54. The number of anilines is 1. The molecule has 0 aliphatic rings. The van der Waals surface area contributed by atoms with Crippen LogP contribution < -0.4 is 16.0 Å². The number of rotatable bonds is 16. The van der Waals surface area contributed by atoms with Crippen molar-refractivity contribution in [3.05, 3.63) is 77.7 Å². The third-order valence-electron chi connectivity index (χ3n) is 6.16. The summed E-state index contributed by atoms with van der Waals surface area (Å²) in [7, 11) is 3.25. The number of benzene rings is 2. The lowest BCUT2D eigenvalue weighted by Crippen LogP contribution is -2.31. The van der Waals surface area contributed by atoms with E-state index in [1.54, 1.807) is 38.6 Å². The summed E-state index contributed by atoms with van der Waals surface area (Å²) < 4.78 is 21.0. The van der Waals surface area contributed by atoms with Crippen LogP contribution in [0.2, 0.25) is 0 Å². The van der Waals surface area contributed by atoms with Crippen molar-refractivity contribution in [2.75, 3.05) is 72.3 Å². The van der Waals surface area contributed by atoms with Crippen LogP contribution in [0.1, 0.15) is 21.7 Å². The van der Waals surface area contributed by atoms with E-state index < -0.39 is 0 Å². The Morgan fingerprint density at radius 1 is 0.911 bits per heavy atom. The molecular weight excluding hydrogens is 596 g/mol. The number of nitrogens with one attached hydrogen (secondary N) is 4. The Balaban J connectivity index is 1.19. The number of aromatic nitrogens is 3. The van der Waals surface area contributed by atoms with Gasteiger partial charge in [-0.3, -0.25) is 9.89 Å². The topological polar surface area (TPSA) is 149 Å². The number of carbonyl (C=O) groups excluding carboxylic acids is 2. The van der Waals surface area contributed by atoms with Crippen LogP contribution in [0, 0.1) is 11.8 Å². The Morgan fingerprint density at radius 3 is 2.40 bits per heavy atom. The van der Waals surface area contributed by atoms with Crippen molar-refractivity contribution >= 4 is 40.3 Å². The summed E-state index contributed by atoms with van der Waals surface area (Å²) in [4.78, 5) is 30.5. The molecule has 0 bridgehead atoms. The second kappa shape index (κ2) is 18.4. The van der Waals surface area contributed by atoms with Gasteiger partial charge in [0.15, 0.2) is 0 Å². The molecule has 0 spiro atoms. The van der Waals surface area contributed by atoms with Gasteiger partial charge in [-0.05, 0) is 54.3 Å². The van der Waals surface area contributed by atoms with Gasteiger partial charge in [0.05, 0.1) is 69.2 Å². The molecule has 3 amide bonds. The van der Waals surface area contributed by atoms with Crippen molar-refractivity contribution in [1.29, 1.82) is 0 Å². The first-order chi connectivity index (χ1) is 22.1. The smallest absolute Gasteiger partial charge is 0.319 e. The summed E-state index contributed by atoms with van der Waals surface area (Å²) in [5.41, 5.74) is 3.12. The number of amides is 3. The van der Waals surface area contributed by atoms with Crippen LogP contribution in [0.5, 0.6) is 0 Å². The average molecular weight is 633 g/mol. The zero-order valence-electron chi connectivity index (χ0n) is 25.2. The summed E-state index contributed by atoms with van der Waals surface area (Å²) in [5, 5.41) is 16.4. The average Bonchev–Trinajstić information content (AvgIpc) is 3.47. The van der Waals surface area contributed by atoms with Gasteiger partial charge in [0, 0.05) is 35.9 Å². The lowest BCUT2D eigenvalue weighted by atomic mass is 10.2. The fraction of sp³-hybridized carbons (Fsp3) is 0.312. The van der Waals surface area contributed by atoms with Crippen molar-refractivity contribution in [3.63, 3.8) is 0 Å². The number of hydrogen-bond donors (Lipinski definition) is 4. The van der Waals surface area contributed by atoms with Gasteiger partial charge in [0.1, 0.15) is 11.4 Å². The van der Waals surface area contributed by atoms with E-state index >= 15 is 0 Å². The van der Waals surface area contributed by atoms with Gasteiger partial charge in [0.25, 0.3) is 5.91 Å². The van der Waals surface area contributed by atoms with E-state index in [1.165, 1.54) is 11.8 Å². The molecule has 0 saturated heterocycles. The molecule has 4 N–H and O–H groups in total. The van der Waals surface area contributed by atoms with Gasteiger partial charge < -0.3 is 34.9 Å². The number of nitrogens with zero attached hydrogens (tertiary/aromatic N) is 2. The number of urea groups is 1. The normalized spacial score (nSPS) is 10.7. The van der Waals surface area contributed by atoms with Crippen LogP contribution in [0.3, 0.4) is 0 Å². The fourth-order valence-electron chi connectivity index (χ4n) is 3.92. The first kappa shape index (κ1) is 33.4. The number of fused-ring (bicyclic) bond motifs is 1. The predicted octanol–water partition coefficient (Wildman–Crippen LogP) is 3.69. The predicted molar refractivity (Wildman–Crippen MR) is 172 cm³/mol. The third kappa shape index (κ3) is 10.9. The minimum absolute atomic E-state index is 0.130. The first-order valence-electron chi connectivity index (χ1n) is 14.3. The monoisotopic (exact) mass is 632 g/mol. The highest BCUT2D eigenvalue weighted by Crippen LogP contribution is 2.32. The Hall–Kier alpha value is -4.45. The molecule has 0 saturated carbocycles. The van der Waals surface area contributed by atoms with Gasteiger partial charge in [-0.1, -0.05) is 23.9 Å². The molecule has 2 aromatic heterocycles. The molecule has 236 valence electrons. The number of pyridine rings is 1. The number of H-pyrrole nitrogens is 1. The fourth-order valence-corrected chi connectivity index (χ4v) is 4.91. The molecule has 4 rings (SSSR count). The molecule has 4 aromatic rings. The molecule has 12 nitrogen and oxygen atoms in total. The Kier molecular flexibility index (Phi) is 13.7. The summed E-state index contributed by atoms with van der Waals surface area (Å²) in [6.45, 7) is 3.70. The summed E-state index contributed by atoms with van der Waals surface area (Å²) in [6, 6.07) is 16.5. The van der Waals surface area contributed by atoms with E-state index in [0.29, 0.717) is 75.4 Å². The van der Waals surface area contributed by atoms with Crippen LogP contribution in [-0.2, 0) is 18.9 Å². The minimum Gasteiger partial charge on any atom is -0.382 e. The van der Waals surface area contributed by atoms with Crippen LogP contribution in [0.15, 0.2) is 70.6 Å². The highest BCUT2D eigenvalue weighted by atomic mass is 32.2. The molecule has 45 heavy (non-hydrogen) atoms. The number of carbonyl (C=O) groups is 2. The maximum absolute atomic E-state index is 12.2. The van der Waals surface area contributed by atoms with E-state index in [1.807, 2.05) is 36.4 Å². The zero-order chi connectivity index (χ0) is 31.7. The van der Waals surface area contributed by atoms with Crippen LogP contribution in [0.25, 0.3) is 10.9 Å². The van der Waals surface area contributed by atoms with E-state index in [0.717, 1.165) is 20.7 Å². The molecule has 2 aromatic carbocycles. The van der Waals surface area contributed by atoms with Gasteiger partial charge >= 0.3 is 6.03 Å². The SMILES string of the molecule is CNC(=O)c1ccccc1Sc1ccc2c(C#Cc3ccc(NC(=O)NCCOCCOCCOCCOC)cn3)n[nH]c2c1. The molecule has 0 radical (unpaired) electrons. The largest absolute Gasteiger partial charge is 0.382 e. The molecule has 13 heteroatoms. The van der Waals surface area contributed by atoms with Crippen molar-refractivity contribution in [3.8, 4) is 11.8 Å². The second-order valence-corrected chi connectivity index (χ2v) is 10.5. The van der Waals surface area contributed by atoms with E-state index in [4.69, 9.17) is 18.9 Å². The lowest BCUT2D eigenvalue weighted by molar-refractivity contribution is 0.00431. The van der Waals surface area contributed by atoms with Crippen LogP contribution in [0.4, 0.5) is 10.5 Å². The van der Waals surface area contributed by atoms with Crippen molar-refractivity contribution < 1.29 is 28.5 Å². The highest BCUT2D eigenvalue weighted by Gasteiger charge is 2.12. The van der Waals surface area contributed by atoms with E-state index in [9.17, 15) is 9.59 Å². The Morgan fingerprint density at radius 2 is 1.67 bits per heavy atom. The first-order valence-corrected chi connectivity index (χ1v) is 15.1. The molecule has 2 heterocycles. The molecule has 0 atom stereocenters. The Bertz CT molecular complexity index is 1600. The number of hydrogen-bond acceptors (Lipinski definition) is 9. The third-order valence-corrected chi connectivity index (χ3v) is 7.22. The number of ether oxygens (including phenoxy) is 4. The number of methoxy groups -OCH3 is 1. The summed E-state index contributed by atoms with van der Waals surface area (Å²) >= 11 is 1.50. The van der Waals surface area contributed by atoms with Gasteiger partial charge in [0.2, 0.25) is 0 Å². The standard InChI is InChI=1S/C32H36N6O6S/c1-33-31(39)27-5-3-4-6-30(27)45-25-10-11-26-28(37-38-29(26)21-25)12-9-23-7-8-24(22-35-23)36-32(40)34-13-14-42-17-18-44-20-19-43-16-15-41-2/h3-8,10-11,21-22H,13-20H2,1-2H3,(H,33,39)(H,37,38)(H2,34,36,40). The summed E-state index contributed by atoms with van der Waals surface area (Å²) in [5.74, 6) is 5.95. The van der Waals surface area contributed by atoms with E-state index in [-0.39, 0.29) is 11.9 Å². The second-order valence-electron chi connectivity index (χ2n) is 9.35. The Labute approximate surface area is 266 Å². The maximum atomic E-state index is 12.2. The molecule has 0 aliphatic heterocycles. The van der Waals surface area contributed by atoms with Crippen LogP contribution in [-0.4, -0.2) is 94.1 Å². The van der Waals surface area contributed by atoms with Crippen molar-refractivity contribution in [1.82, 2.24) is 25.8 Å². The lowest BCUT2D eigenvalue weighted by Gasteiger charge is -2.09. The minimum atomic E-state index is -0.360. The molecule has 0 aliphatic carbocycles. The van der Waals surface area contributed by atoms with E-state index in [2.05, 4.69) is 43.0 Å². The molecule has 0 unspecified atom stereocenters. The zero-order valence-corrected chi connectivity index (χ0v) is 26.0. The molecule has 0 fully saturated rings. The van der Waals surface area contributed by atoms with Crippen molar-refractivity contribution in [2.24, 2.45) is 0 Å². The van der Waals surface area contributed by atoms with Crippen molar-refractivity contribution in [2.45, 2.75) is 9.79 Å². The van der Waals surface area contributed by atoms with Gasteiger partial charge in [-0.25, -0.2) is 9.78 Å².